The monoisotopic (exact) mass is 941 g/mol. The van der Waals surface area contributed by atoms with Gasteiger partial charge in [0.2, 0.25) is 11.8 Å². The van der Waals surface area contributed by atoms with Crippen molar-refractivity contribution in [3.05, 3.63) is 275 Å². The largest absolute Gasteiger partial charge is 0.480 e. The Morgan fingerprint density at radius 3 is 1.26 bits per heavy atom. The summed E-state index contributed by atoms with van der Waals surface area (Å²) < 4.78 is 5.09. The number of fused-ring (bicyclic) bond motifs is 3. The molecule has 1 aliphatic rings. The number of ether oxygens (including phenoxy) is 1. The van der Waals surface area contributed by atoms with E-state index in [1.165, 1.54) is 11.8 Å². The molecule has 1 unspecified atom stereocenters. The standard InChI is InChI=1S/C60H51N3O6S/c64-55(63-59(42-23-7-1-8-24-42,43-25-9-2-10-26-43)44-27-11-3-12-28-44)39-53(57(66)67)61-56(65)54(62-58(68)69-40-52-50-37-21-19-35-48(50)49-36-20-22-38-51(49)52)41-70-60(45-29-13-4-14-30-45,46-31-15-5-16-32-46)47-33-17-6-18-34-47/h1-38,52-54H,39-41H2,(H,61,65)(H,62,68)(H,63,64)(H,66,67)/t53-,54?/m0/s1. The van der Waals surface area contributed by atoms with Gasteiger partial charge in [-0.25, -0.2) is 9.59 Å². The van der Waals surface area contributed by atoms with Crippen molar-refractivity contribution in [2.75, 3.05) is 12.4 Å². The molecule has 4 N–H and O–H groups in total. The number of carbonyl (C=O) groups excluding carboxylic acids is 3. The summed E-state index contributed by atoms with van der Waals surface area (Å²) in [7, 11) is 0. The average molecular weight is 942 g/mol. The van der Waals surface area contributed by atoms with E-state index in [1.807, 2.05) is 218 Å². The molecule has 9 rings (SSSR count). The first-order chi connectivity index (χ1) is 34.3. The van der Waals surface area contributed by atoms with Gasteiger partial charge in [-0.05, 0) is 55.6 Å². The minimum Gasteiger partial charge on any atom is -0.480 e. The van der Waals surface area contributed by atoms with Crippen molar-refractivity contribution in [2.24, 2.45) is 0 Å². The molecule has 0 aliphatic heterocycles. The molecule has 0 fully saturated rings. The third-order valence-electron chi connectivity index (χ3n) is 12.9. The summed E-state index contributed by atoms with van der Waals surface area (Å²) in [5, 5.41) is 19.4. The number of amides is 3. The summed E-state index contributed by atoms with van der Waals surface area (Å²) >= 11 is 1.42. The Hall–Kier alpha value is -8.21. The van der Waals surface area contributed by atoms with E-state index in [2.05, 4.69) is 28.1 Å². The summed E-state index contributed by atoms with van der Waals surface area (Å²) in [6.07, 6.45) is -1.47. The predicted octanol–water partition coefficient (Wildman–Crippen LogP) is 10.7. The molecule has 3 amide bonds. The average Bonchev–Trinajstić information content (AvgIpc) is 3.74. The number of rotatable bonds is 18. The lowest BCUT2D eigenvalue weighted by molar-refractivity contribution is -0.144. The van der Waals surface area contributed by atoms with Gasteiger partial charge in [-0.3, -0.25) is 9.59 Å². The Balaban J connectivity index is 1.03. The molecular formula is C60H51N3O6S. The van der Waals surface area contributed by atoms with Crippen LogP contribution in [0.4, 0.5) is 4.79 Å². The number of aliphatic carboxylic acids is 1. The third kappa shape index (κ3) is 9.72. The molecule has 8 aromatic rings. The lowest BCUT2D eigenvalue weighted by Gasteiger charge is -2.37. The normalized spacial score (nSPS) is 12.9. The molecule has 0 aromatic heterocycles. The number of alkyl carbamates (subject to hydrolysis) is 1. The third-order valence-corrected chi connectivity index (χ3v) is 14.6. The minimum atomic E-state index is -1.69. The number of nitrogens with one attached hydrogen (secondary N) is 3. The van der Waals surface area contributed by atoms with Gasteiger partial charge in [0.1, 0.15) is 24.2 Å². The van der Waals surface area contributed by atoms with Gasteiger partial charge >= 0.3 is 12.1 Å². The van der Waals surface area contributed by atoms with Crippen molar-refractivity contribution in [1.82, 2.24) is 16.0 Å². The van der Waals surface area contributed by atoms with Gasteiger partial charge in [0.15, 0.2) is 0 Å². The van der Waals surface area contributed by atoms with Crippen LogP contribution in [0.3, 0.4) is 0 Å². The molecular weight excluding hydrogens is 891 g/mol. The maximum atomic E-state index is 14.8. The summed E-state index contributed by atoms with van der Waals surface area (Å²) in [6.45, 7) is -0.00671. The number of carbonyl (C=O) groups is 4. The van der Waals surface area contributed by atoms with Crippen LogP contribution in [0, 0.1) is 0 Å². The zero-order valence-corrected chi connectivity index (χ0v) is 39.0. The number of carboxylic acids is 1. The molecule has 70 heavy (non-hydrogen) atoms. The van der Waals surface area contributed by atoms with Crippen molar-refractivity contribution in [1.29, 1.82) is 0 Å². The Kier molecular flexibility index (Phi) is 14.3. The van der Waals surface area contributed by atoms with Crippen LogP contribution in [0.2, 0.25) is 0 Å². The van der Waals surface area contributed by atoms with Gasteiger partial charge in [0, 0.05) is 11.7 Å². The highest BCUT2D eigenvalue weighted by Crippen LogP contribution is 2.49. The molecule has 0 radical (unpaired) electrons. The smallest absolute Gasteiger partial charge is 0.407 e. The Labute approximate surface area is 412 Å². The molecule has 0 saturated heterocycles. The second-order valence-corrected chi connectivity index (χ2v) is 18.3. The summed E-state index contributed by atoms with van der Waals surface area (Å²) in [5.41, 5.74) is 7.99. The molecule has 348 valence electrons. The van der Waals surface area contributed by atoms with Gasteiger partial charge in [-0.2, -0.15) is 0 Å². The van der Waals surface area contributed by atoms with Crippen molar-refractivity contribution in [3.8, 4) is 11.1 Å². The van der Waals surface area contributed by atoms with Gasteiger partial charge in [0.05, 0.1) is 11.2 Å². The second-order valence-electron chi connectivity index (χ2n) is 17.1. The number of benzene rings is 8. The molecule has 2 atom stereocenters. The fourth-order valence-electron chi connectivity index (χ4n) is 9.64. The topological polar surface area (TPSA) is 134 Å². The van der Waals surface area contributed by atoms with E-state index in [0.717, 1.165) is 55.6 Å². The first-order valence-electron chi connectivity index (χ1n) is 23.2. The highest BCUT2D eigenvalue weighted by molar-refractivity contribution is 8.00. The lowest BCUT2D eigenvalue weighted by Crippen LogP contribution is -2.55. The highest BCUT2D eigenvalue weighted by Gasteiger charge is 2.41. The van der Waals surface area contributed by atoms with Crippen LogP contribution >= 0.6 is 11.8 Å². The van der Waals surface area contributed by atoms with E-state index < -0.39 is 52.7 Å². The second kappa shape index (κ2) is 21.4. The van der Waals surface area contributed by atoms with Gasteiger partial charge in [-0.15, -0.1) is 11.8 Å². The van der Waals surface area contributed by atoms with Crippen LogP contribution in [0.25, 0.3) is 11.1 Å². The summed E-state index contributed by atoms with van der Waals surface area (Å²) in [6, 6.07) is 71.1. The summed E-state index contributed by atoms with van der Waals surface area (Å²) in [4.78, 5) is 56.7. The molecule has 0 heterocycles. The molecule has 1 aliphatic carbocycles. The Bertz CT molecular complexity index is 2810. The van der Waals surface area contributed by atoms with E-state index in [4.69, 9.17) is 4.74 Å². The molecule has 0 spiro atoms. The van der Waals surface area contributed by atoms with Gasteiger partial charge in [0.25, 0.3) is 0 Å². The quantitative estimate of drug-likeness (QED) is 0.0630. The van der Waals surface area contributed by atoms with Crippen LogP contribution in [0.1, 0.15) is 56.8 Å². The van der Waals surface area contributed by atoms with E-state index in [9.17, 15) is 24.3 Å². The lowest BCUT2D eigenvalue weighted by atomic mass is 9.77. The van der Waals surface area contributed by atoms with Crippen LogP contribution < -0.4 is 16.0 Å². The van der Waals surface area contributed by atoms with Crippen molar-refractivity contribution in [2.45, 2.75) is 34.7 Å². The first kappa shape index (κ1) is 46.9. The predicted molar refractivity (Wildman–Crippen MR) is 275 cm³/mol. The highest BCUT2D eigenvalue weighted by atomic mass is 32.2. The van der Waals surface area contributed by atoms with Crippen LogP contribution in [-0.4, -0.2) is 53.4 Å². The molecule has 8 aromatic carbocycles. The fourth-order valence-corrected chi connectivity index (χ4v) is 11.2. The van der Waals surface area contributed by atoms with Crippen LogP contribution in [0.15, 0.2) is 231 Å². The number of hydrogen-bond donors (Lipinski definition) is 4. The van der Waals surface area contributed by atoms with Gasteiger partial charge in [-0.1, -0.05) is 231 Å². The molecule has 9 nitrogen and oxygen atoms in total. The maximum absolute atomic E-state index is 14.8. The van der Waals surface area contributed by atoms with Gasteiger partial charge < -0.3 is 25.8 Å². The number of thioether (sulfide) groups is 1. The van der Waals surface area contributed by atoms with E-state index >= 15 is 0 Å². The van der Waals surface area contributed by atoms with Crippen molar-refractivity contribution < 1.29 is 29.0 Å². The minimum absolute atomic E-state index is 0.00671. The van der Waals surface area contributed by atoms with E-state index in [0.29, 0.717) is 0 Å². The SMILES string of the molecule is O=C(C[C@H](NC(=O)C(CSC(c1ccccc1)(c1ccccc1)c1ccccc1)NC(=O)OCC1c2ccccc2-c2ccccc21)C(=O)O)NC(c1ccccc1)(c1ccccc1)c1ccccc1. The van der Waals surface area contributed by atoms with E-state index in [1.54, 1.807) is 0 Å². The first-order valence-corrected chi connectivity index (χ1v) is 24.2. The maximum Gasteiger partial charge on any atom is 0.407 e. The molecule has 0 saturated carbocycles. The van der Waals surface area contributed by atoms with Crippen LogP contribution in [-0.2, 0) is 29.4 Å². The van der Waals surface area contributed by atoms with Crippen LogP contribution in [0.5, 0.6) is 0 Å². The van der Waals surface area contributed by atoms with E-state index in [-0.39, 0.29) is 18.3 Å². The summed E-state index contributed by atoms with van der Waals surface area (Å²) in [5.74, 6) is -3.13. The molecule has 0 bridgehead atoms. The fraction of sp³-hybridized carbons (Fsp3) is 0.133. The molecule has 10 heteroatoms. The Morgan fingerprint density at radius 1 is 0.486 bits per heavy atom. The number of carboxylic acid groups (broad SMARTS) is 1. The van der Waals surface area contributed by atoms with Crippen molar-refractivity contribution in [3.63, 3.8) is 0 Å². The zero-order chi connectivity index (χ0) is 48.3. The zero-order valence-electron chi connectivity index (χ0n) is 38.2. The van der Waals surface area contributed by atoms with Crippen molar-refractivity contribution >= 4 is 35.6 Å². The Morgan fingerprint density at radius 2 is 0.857 bits per heavy atom. The number of hydrogen-bond acceptors (Lipinski definition) is 6.